The highest BCUT2D eigenvalue weighted by atomic mass is 35.5. The number of amides is 1. The molecule has 45 heavy (non-hydrogen) atoms. The summed E-state index contributed by atoms with van der Waals surface area (Å²) in [6.45, 7) is 2.12. The number of anilines is 1. The molecule has 2 saturated heterocycles. The molecule has 3 atom stereocenters. The van der Waals surface area contributed by atoms with Gasteiger partial charge in [0.2, 0.25) is 5.91 Å². The summed E-state index contributed by atoms with van der Waals surface area (Å²) in [5, 5.41) is 33.1. The maximum atomic E-state index is 12.3. The van der Waals surface area contributed by atoms with Crippen LogP contribution in [0.5, 0.6) is 0 Å². The molecule has 2 heterocycles. The monoisotopic (exact) mass is 636 g/mol. The van der Waals surface area contributed by atoms with Gasteiger partial charge < -0.3 is 35.0 Å². The number of carbonyl (C=O) groups is 2. The van der Waals surface area contributed by atoms with Crippen LogP contribution in [0.3, 0.4) is 0 Å². The number of ether oxygens (including phenoxy) is 2. The molecule has 240 valence electrons. The zero-order chi connectivity index (χ0) is 31.8. The maximum Gasteiger partial charge on any atom is 0.303 e. The van der Waals surface area contributed by atoms with Crippen molar-refractivity contribution in [2.45, 2.75) is 75.7 Å². The van der Waals surface area contributed by atoms with E-state index < -0.39 is 17.9 Å². The summed E-state index contributed by atoms with van der Waals surface area (Å²) in [5.74, 6) is -1.02. The Kier molecular flexibility index (Phi) is 11.3. The zero-order valence-corrected chi connectivity index (χ0v) is 26.0. The van der Waals surface area contributed by atoms with Crippen molar-refractivity contribution in [1.29, 1.82) is 0 Å². The third-order valence-electron chi connectivity index (χ3n) is 8.65. The van der Waals surface area contributed by atoms with Crippen molar-refractivity contribution in [1.82, 2.24) is 4.90 Å². The number of piperidine rings is 1. The molecule has 3 unspecified atom stereocenters. The van der Waals surface area contributed by atoms with E-state index >= 15 is 0 Å². The molecule has 4 N–H and O–H groups in total. The lowest BCUT2D eigenvalue weighted by Gasteiger charge is -2.42. The first-order chi connectivity index (χ1) is 21.7. The highest BCUT2D eigenvalue weighted by molar-refractivity contribution is 6.30. The molecule has 2 fully saturated rings. The van der Waals surface area contributed by atoms with Gasteiger partial charge in [-0.25, -0.2) is 0 Å². The molecular formula is C35H41ClN2O7. The Balaban J connectivity index is 1.23. The van der Waals surface area contributed by atoms with E-state index in [1.807, 2.05) is 72.8 Å². The summed E-state index contributed by atoms with van der Waals surface area (Å²) in [6.07, 6.45) is 2.20. The van der Waals surface area contributed by atoms with Gasteiger partial charge in [-0.05, 0) is 66.6 Å². The second-order valence-electron chi connectivity index (χ2n) is 12.0. The number of likely N-dealkylation sites (tertiary alicyclic amines) is 1. The van der Waals surface area contributed by atoms with E-state index in [0.29, 0.717) is 49.4 Å². The highest BCUT2D eigenvalue weighted by Crippen LogP contribution is 2.39. The number of carboxylic acids is 1. The third-order valence-corrected chi connectivity index (χ3v) is 8.90. The number of nitrogens with zero attached hydrogens (tertiary/aromatic N) is 1. The molecule has 0 spiro atoms. The topological polar surface area (TPSA) is 129 Å². The summed E-state index contributed by atoms with van der Waals surface area (Å²) in [6, 6.07) is 22.6. The number of aliphatic carboxylic acids is 1. The van der Waals surface area contributed by atoms with Crippen molar-refractivity contribution in [3.63, 3.8) is 0 Å². The van der Waals surface area contributed by atoms with Gasteiger partial charge in [0, 0.05) is 55.2 Å². The molecule has 10 heteroatoms. The first-order valence-electron chi connectivity index (χ1n) is 15.5. The van der Waals surface area contributed by atoms with Gasteiger partial charge in [0.05, 0.1) is 24.4 Å². The Bertz CT molecular complexity index is 1410. The Morgan fingerprint density at radius 2 is 1.53 bits per heavy atom. The van der Waals surface area contributed by atoms with Crippen molar-refractivity contribution >= 4 is 29.2 Å². The average Bonchev–Trinajstić information content (AvgIpc) is 3.05. The van der Waals surface area contributed by atoms with Crippen LogP contribution in [0.2, 0.25) is 5.02 Å². The van der Waals surface area contributed by atoms with Crippen molar-refractivity contribution in [3.8, 4) is 0 Å². The van der Waals surface area contributed by atoms with Crippen LogP contribution >= 0.6 is 11.6 Å². The van der Waals surface area contributed by atoms with Crippen molar-refractivity contribution < 1.29 is 34.4 Å². The van der Waals surface area contributed by atoms with Crippen molar-refractivity contribution in [2.75, 3.05) is 25.0 Å². The minimum Gasteiger partial charge on any atom is -0.481 e. The predicted octanol–water partition coefficient (Wildman–Crippen LogP) is 5.94. The standard InChI is InChI=1S/C35H41ClN2O7/c36-28-13-11-27(12-14-28)35(43)17-19-38(20-18-35)22-30-21-31(25-7-5-24(23-39)6-8-25)45-34(44-30)26-9-15-29(16-10-26)37-32(40)3-1-2-4-33(41)42/h5-16,30-31,34,39,43H,1-4,17-23H2,(H,37,40)(H,41,42). The minimum absolute atomic E-state index is 0.0251. The lowest BCUT2D eigenvalue weighted by molar-refractivity contribution is -0.253. The van der Waals surface area contributed by atoms with Crippen LogP contribution in [0.25, 0.3) is 0 Å². The highest BCUT2D eigenvalue weighted by Gasteiger charge is 2.37. The van der Waals surface area contributed by atoms with Gasteiger partial charge >= 0.3 is 5.97 Å². The SMILES string of the molecule is O=C(O)CCCCC(=O)Nc1ccc(C2OC(CN3CCC(O)(c4ccc(Cl)cc4)CC3)CC(c3ccc(CO)cc3)O2)cc1. The molecule has 0 aliphatic carbocycles. The number of rotatable bonds is 12. The number of benzene rings is 3. The molecule has 1 amide bonds. The van der Waals surface area contributed by atoms with Crippen molar-refractivity contribution in [2.24, 2.45) is 0 Å². The molecule has 5 rings (SSSR count). The van der Waals surface area contributed by atoms with Gasteiger partial charge in [-0.2, -0.15) is 0 Å². The number of aliphatic hydroxyl groups is 2. The lowest BCUT2D eigenvalue weighted by atomic mass is 9.84. The van der Waals surface area contributed by atoms with Gasteiger partial charge in [-0.3, -0.25) is 9.59 Å². The quantitative estimate of drug-likeness (QED) is 0.180. The average molecular weight is 637 g/mol. The van der Waals surface area contributed by atoms with E-state index in [1.54, 1.807) is 0 Å². The Labute approximate surface area is 268 Å². The number of halogens is 1. The molecular weight excluding hydrogens is 596 g/mol. The first kappa shape index (κ1) is 33.1. The number of hydrogen-bond acceptors (Lipinski definition) is 7. The van der Waals surface area contributed by atoms with Crippen LogP contribution in [0, 0.1) is 0 Å². The number of aliphatic hydroxyl groups excluding tert-OH is 1. The summed E-state index contributed by atoms with van der Waals surface area (Å²) >= 11 is 6.05. The molecule has 0 bridgehead atoms. The largest absolute Gasteiger partial charge is 0.481 e. The van der Waals surface area contributed by atoms with Crippen LogP contribution < -0.4 is 5.32 Å². The van der Waals surface area contributed by atoms with Crippen LogP contribution in [-0.4, -0.2) is 57.8 Å². The van der Waals surface area contributed by atoms with E-state index in [9.17, 15) is 19.8 Å². The van der Waals surface area contributed by atoms with Gasteiger partial charge in [-0.15, -0.1) is 0 Å². The second-order valence-corrected chi connectivity index (χ2v) is 12.4. The third kappa shape index (κ3) is 9.13. The fourth-order valence-corrected chi connectivity index (χ4v) is 6.11. The van der Waals surface area contributed by atoms with Crippen LogP contribution in [0.1, 0.15) is 79.6 Å². The number of unbranched alkanes of at least 4 members (excludes halogenated alkanes) is 1. The molecule has 9 nitrogen and oxygen atoms in total. The summed E-state index contributed by atoms with van der Waals surface area (Å²) in [5.41, 5.74) is 3.32. The Hall–Kier alpha value is -3.31. The summed E-state index contributed by atoms with van der Waals surface area (Å²) in [7, 11) is 0. The molecule has 0 radical (unpaired) electrons. The molecule has 3 aromatic rings. The van der Waals surface area contributed by atoms with E-state index in [2.05, 4.69) is 10.2 Å². The smallest absolute Gasteiger partial charge is 0.303 e. The van der Waals surface area contributed by atoms with Crippen LogP contribution in [-0.2, 0) is 31.3 Å². The molecule has 2 aliphatic rings. The second kappa shape index (κ2) is 15.3. The van der Waals surface area contributed by atoms with Crippen molar-refractivity contribution in [3.05, 3.63) is 100 Å². The van der Waals surface area contributed by atoms with E-state index in [0.717, 1.165) is 35.3 Å². The lowest BCUT2D eigenvalue weighted by Crippen LogP contribution is -2.46. The van der Waals surface area contributed by atoms with Crippen LogP contribution in [0.15, 0.2) is 72.8 Å². The van der Waals surface area contributed by atoms with E-state index in [1.165, 1.54) is 0 Å². The predicted molar refractivity (Wildman–Crippen MR) is 171 cm³/mol. The van der Waals surface area contributed by atoms with Gasteiger partial charge in [-0.1, -0.05) is 60.1 Å². The van der Waals surface area contributed by atoms with Gasteiger partial charge in [0.1, 0.15) is 0 Å². The van der Waals surface area contributed by atoms with E-state index in [4.69, 9.17) is 26.2 Å². The number of hydrogen-bond donors (Lipinski definition) is 4. The number of carboxylic acid groups (broad SMARTS) is 1. The fourth-order valence-electron chi connectivity index (χ4n) is 5.98. The Morgan fingerprint density at radius 1 is 0.889 bits per heavy atom. The molecule has 0 saturated carbocycles. The Morgan fingerprint density at radius 3 is 2.18 bits per heavy atom. The summed E-state index contributed by atoms with van der Waals surface area (Å²) in [4.78, 5) is 25.3. The zero-order valence-electron chi connectivity index (χ0n) is 25.2. The first-order valence-corrected chi connectivity index (χ1v) is 15.9. The molecule has 0 aromatic heterocycles. The normalized spacial score (nSPS) is 21.7. The van der Waals surface area contributed by atoms with Crippen LogP contribution in [0.4, 0.5) is 5.69 Å². The number of nitrogens with one attached hydrogen (secondary N) is 1. The maximum absolute atomic E-state index is 12.3. The van der Waals surface area contributed by atoms with E-state index in [-0.39, 0.29) is 37.6 Å². The molecule has 2 aliphatic heterocycles. The summed E-state index contributed by atoms with van der Waals surface area (Å²) < 4.78 is 13.0. The minimum atomic E-state index is -0.882. The number of carbonyl (C=O) groups excluding carboxylic acids is 1. The fraction of sp³-hybridized carbons (Fsp3) is 0.429. The van der Waals surface area contributed by atoms with Gasteiger partial charge in [0.25, 0.3) is 0 Å². The van der Waals surface area contributed by atoms with Gasteiger partial charge in [0.15, 0.2) is 6.29 Å². The molecule has 3 aromatic carbocycles.